The standard InChI is InChI=1S/C38H45N3O4S/c1-6-7-22-39-38(43)36(25-32-13-9-8-10-14-32)40(26-33-15-11-12-29(3)23-33)37(42)27-41(35-24-30(4)16-19-31(35)5)46(44,45)34-20-17-28(2)18-21-34/h8-21,23-24,36H,6-7,22,25-27H2,1-5H3,(H,39,43)/t36-/m0/s1. The van der Waals surface area contributed by atoms with E-state index in [1.54, 1.807) is 35.2 Å². The molecule has 0 heterocycles. The van der Waals surface area contributed by atoms with Gasteiger partial charge in [0.25, 0.3) is 10.0 Å². The Morgan fingerprint density at radius 2 is 1.41 bits per heavy atom. The molecule has 0 aliphatic heterocycles. The summed E-state index contributed by atoms with van der Waals surface area (Å²) in [5.74, 6) is -0.734. The number of aryl methyl sites for hydroxylation is 4. The summed E-state index contributed by atoms with van der Waals surface area (Å²) in [5.41, 5.74) is 5.72. The van der Waals surface area contributed by atoms with E-state index in [1.165, 1.54) is 4.31 Å². The second-order valence-corrected chi connectivity index (χ2v) is 13.8. The number of nitrogens with one attached hydrogen (secondary N) is 1. The van der Waals surface area contributed by atoms with E-state index in [0.29, 0.717) is 12.2 Å². The maximum atomic E-state index is 14.7. The molecular weight excluding hydrogens is 595 g/mol. The van der Waals surface area contributed by atoms with Gasteiger partial charge in [-0.15, -0.1) is 0 Å². The third kappa shape index (κ3) is 8.85. The van der Waals surface area contributed by atoms with Crippen LogP contribution in [0.4, 0.5) is 5.69 Å². The predicted octanol–water partition coefficient (Wildman–Crippen LogP) is 6.67. The number of carbonyl (C=O) groups is 2. The number of hydrogen-bond donors (Lipinski definition) is 1. The van der Waals surface area contributed by atoms with E-state index in [1.807, 2.05) is 94.4 Å². The molecule has 4 rings (SSSR count). The fraction of sp³-hybridized carbons (Fsp3) is 0.316. The molecule has 0 saturated heterocycles. The van der Waals surface area contributed by atoms with Gasteiger partial charge in [0.15, 0.2) is 0 Å². The Morgan fingerprint density at radius 3 is 2.09 bits per heavy atom. The Bertz CT molecular complexity index is 1740. The molecule has 0 aliphatic carbocycles. The Morgan fingerprint density at radius 1 is 0.761 bits per heavy atom. The number of hydrogen-bond acceptors (Lipinski definition) is 4. The minimum Gasteiger partial charge on any atom is -0.354 e. The van der Waals surface area contributed by atoms with Gasteiger partial charge in [0, 0.05) is 19.5 Å². The minimum atomic E-state index is -4.16. The molecule has 0 bridgehead atoms. The van der Waals surface area contributed by atoms with Crippen LogP contribution in [0.2, 0.25) is 0 Å². The van der Waals surface area contributed by atoms with E-state index < -0.39 is 28.5 Å². The van der Waals surface area contributed by atoms with Gasteiger partial charge < -0.3 is 10.2 Å². The number of amides is 2. The molecule has 2 amide bonds. The van der Waals surface area contributed by atoms with Crippen LogP contribution in [0.15, 0.2) is 102 Å². The zero-order valence-corrected chi connectivity index (χ0v) is 28.3. The van der Waals surface area contributed by atoms with Crippen molar-refractivity contribution in [3.63, 3.8) is 0 Å². The molecule has 0 fully saturated rings. The molecule has 46 heavy (non-hydrogen) atoms. The summed E-state index contributed by atoms with van der Waals surface area (Å²) < 4.78 is 29.8. The zero-order valence-electron chi connectivity index (χ0n) is 27.5. The van der Waals surface area contributed by atoms with E-state index in [9.17, 15) is 18.0 Å². The largest absolute Gasteiger partial charge is 0.354 e. The highest BCUT2D eigenvalue weighted by atomic mass is 32.2. The number of unbranched alkanes of at least 4 members (excludes halogenated alkanes) is 1. The van der Waals surface area contributed by atoms with Crippen molar-refractivity contribution in [1.82, 2.24) is 10.2 Å². The van der Waals surface area contributed by atoms with Gasteiger partial charge in [-0.05, 0) is 74.6 Å². The van der Waals surface area contributed by atoms with Crippen molar-refractivity contribution in [2.45, 2.75) is 71.4 Å². The van der Waals surface area contributed by atoms with Crippen molar-refractivity contribution in [1.29, 1.82) is 0 Å². The summed E-state index contributed by atoms with van der Waals surface area (Å²) in [6, 6.07) is 28.7. The van der Waals surface area contributed by atoms with E-state index in [0.717, 1.165) is 46.2 Å². The first kappa shape index (κ1) is 34.4. The Hall–Kier alpha value is -4.43. The Labute approximate surface area is 274 Å². The molecule has 0 aromatic heterocycles. The van der Waals surface area contributed by atoms with Gasteiger partial charge in [-0.25, -0.2) is 8.42 Å². The molecule has 0 radical (unpaired) electrons. The number of anilines is 1. The molecule has 0 unspecified atom stereocenters. The lowest BCUT2D eigenvalue weighted by molar-refractivity contribution is -0.140. The number of nitrogens with zero attached hydrogens (tertiary/aromatic N) is 2. The van der Waals surface area contributed by atoms with Gasteiger partial charge in [-0.2, -0.15) is 0 Å². The summed E-state index contributed by atoms with van der Waals surface area (Å²) in [6.07, 6.45) is 2.01. The predicted molar refractivity (Wildman–Crippen MR) is 185 cm³/mol. The van der Waals surface area contributed by atoms with Crippen LogP contribution in [0.1, 0.15) is 53.1 Å². The van der Waals surface area contributed by atoms with Gasteiger partial charge in [0.05, 0.1) is 10.6 Å². The van der Waals surface area contributed by atoms with Crippen LogP contribution in [-0.2, 0) is 32.6 Å². The highest BCUT2D eigenvalue weighted by Crippen LogP contribution is 2.29. The van der Waals surface area contributed by atoms with Crippen LogP contribution >= 0.6 is 0 Å². The number of sulfonamides is 1. The highest BCUT2D eigenvalue weighted by molar-refractivity contribution is 7.92. The average Bonchev–Trinajstić information content (AvgIpc) is 3.03. The molecule has 4 aromatic carbocycles. The quantitative estimate of drug-likeness (QED) is 0.156. The Kier molecular flexibility index (Phi) is 11.8. The smallest absolute Gasteiger partial charge is 0.264 e. The van der Waals surface area contributed by atoms with Gasteiger partial charge in [-0.1, -0.05) is 103 Å². The fourth-order valence-electron chi connectivity index (χ4n) is 5.41. The SMILES string of the molecule is CCCCNC(=O)[C@H](Cc1ccccc1)N(Cc1cccc(C)c1)C(=O)CN(c1cc(C)ccc1C)S(=O)(=O)c1ccc(C)cc1. The third-order valence-electron chi connectivity index (χ3n) is 8.06. The van der Waals surface area contributed by atoms with Crippen molar-refractivity contribution >= 4 is 27.5 Å². The Balaban J connectivity index is 1.82. The first-order chi connectivity index (χ1) is 22.0. The molecular formula is C38H45N3O4S. The van der Waals surface area contributed by atoms with Gasteiger partial charge in [-0.3, -0.25) is 13.9 Å². The normalized spacial score (nSPS) is 11.9. The first-order valence-corrected chi connectivity index (χ1v) is 17.3. The van der Waals surface area contributed by atoms with Crippen molar-refractivity contribution in [2.75, 3.05) is 17.4 Å². The summed E-state index contributed by atoms with van der Waals surface area (Å²) in [7, 11) is -4.16. The molecule has 4 aromatic rings. The molecule has 0 saturated carbocycles. The summed E-state index contributed by atoms with van der Waals surface area (Å²) in [5, 5.41) is 3.03. The molecule has 0 aliphatic rings. The van der Waals surface area contributed by atoms with Gasteiger partial charge in [0.2, 0.25) is 11.8 Å². The third-order valence-corrected chi connectivity index (χ3v) is 9.83. The van der Waals surface area contributed by atoms with Crippen molar-refractivity contribution < 1.29 is 18.0 Å². The topological polar surface area (TPSA) is 86.8 Å². The van der Waals surface area contributed by atoms with Gasteiger partial charge >= 0.3 is 0 Å². The average molecular weight is 640 g/mol. The first-order valence-electron chi connectivity index (χ1n) is 15.8. The summed E-state index contributed by atoms with van der Waals surface area (Å²) >= 11 is 0. The lowest BCUT2D eigenvalue weighted by Gasteiger charge is -2.34. The van der Waals surface area contributed by atoms with E-state index in [4.69, 9.17) is 0 Å². The molecule has 242 valence electrons. The lowest BCUT2D eigenvalue weighted by atomic mass is 10.0. The van der Waals surface area contributed by atoms with E-state index >= 15 is 0 Å². The molecule has 7 nitrogen and oxygen atoms in total. The molecule has 1 atom stereocenters. The van der Waals surface area contributed by atoms with E-state index in [-0.39, 0.29) is 23.8 Å². The van der Waals surface area contributed by atoms with E-state index in [2.05, 4.69) is 12.2 Å². The van der Waals surface area contributed by atoms with Crippen LogP contribution in [0.3, 0.4) is 0 Å². The number of carbonyl (C=O) groups excluding carboxylic acids is 2. The highest BCUT2D eigenvalue weighted by Gasteiger charge is 2.35. The second kappa shape index (κ2) is 15.7. The van der Waals surface area contributed by atoms with Crippen molar-refractivity contribution in [3.8, 4) is 0 Å². The van der Waals surface area contributed by atoms with Crippen LogP contribution in [-0.4, -0.2) is 44.3 Å². The van der Waals surface area contributed by atoms with Crippen molar-refractivity contribution in [2.24, 2.45) is 0 Å². The summed E-state index contributed by atoms with van der Waals surface area (Å²) in [4.78, 5) is 30.2. The van der Waals surface area contributed by atoms with Crippen LogP contribution in [0, 0.1) is 27.7 Å². The van der Waals surface area contributed by atoms with Crippen molar-refractivity contribution in [3.05, 3.63) is 130 Å². The number of benzene rings is 4. The van der Waals surface area contributed by atoms with Crippen LogP contribution < -0.4 is 9.62 Å². The maximum Gasteiger partial charge on any atom is 0.264 e. The monoisotopic (exact) mass is 639 g/mol. The van der Waals surface area contributed by atoms with Crippen LogP contribution in [0.5, 0.6) is 0 Å². The minimum absolute atomic E-state index is 0.0928. The van der Waals surface area contributed by atoms with Gasteiger partial charge in [0.1, 0.15) is 12.6 Å². The molecule has 0 spiro atoms. The fourth-order valence-corrected chi connectivity index (χ4v) is 6.88. The lowest BCUT2D eigenvalue weighted by Crippen LogP contribution is -2.53. The molecule has 8 heteroatoms. The number of rotatable bonds is 14. The maximum absolute atomic E-state index is 14.7. The molecule has 1 N–H and O–H groups in total. The van der Waals surface area contributed by atoms with Crippen LogP contribution in [0.25, 0.3) is 0 Å². The zero-order chi connectivity index (χ0) is 33.3. The second-order valence-electron chi connectivity index (χ2n) is 12.0. The summed E-state index contributed by atoms with van der Waals surface area (Å²) in [6.45, 7) is 9.81.